The standard InChI is InChI=1S/C18H27N3O3S/c1-3-15-6-4-5-8-21(15)18(22)14-10-17(12-19-11-14)20(2)16-7-9-25(23,24)13-16/h10-12,15-16H,3-9,13H2,1-2H3. The monoisotopic (exact) mass is 365 g/mol. The number of carbonyl (C=O) groups is 1. The largest absolute Gasteiger partial charge is 0.369 e. The first-order valence-corrected chi connectivity index (χ1v) is 10.9. The Labute approximate surface area is 150 Å². The lowest BCUT2D eigenvalue weighted by Gasteiger charge is -2.35. The second-order valence-corrected chi connectivity index (χ2v) is 9.38. The molecular weight excluding hydrogens is 338 g/mol. The summed E-state index contributed by atoms with van der Waals surface area (Å²) in [5, 5.41) is 0. The van der Waals surface area contributed by atoms with E-state index in [0.717, 1.165) is 31.5 Å². The van der Waals surface area contributed by atoms with Crippen molar-refractivity contribution in [2.24, 2.45) is 0 Å². The molecule has 2 aliphatic rings. The van der Waals surface area contributed by atoms with Gasteiger partial charge >= 0.3 is 0 Å². The topological polar surface area (TPSA) is 70.6 Å². The summed E-state index contributed by atoms with van der Waals surface area (Å²) >= 11 is 0. The predicted octanol–water partition coefficient (Wildman–Crippen LogP) is 2.11. The summed E-state index contributed by atoms with van der Waals surface area (Å²) in [7, 11) is -1.06. The summed E-state index contributed by atoms with van der Waals surface area (Å²) in [6.07, 6.45) is 8.21. The number of hydrogen-bond acceptors (Lipinski definition) is 5. The van der Waals surface area contributed by atoms with E-state index >= 15 is 0 Å². The average molecular weight is 365 g/mol. The number of aromatic nitrogens is 1. The first-order chi connectivity index (χ1) is 11.9. The number of carbonyl (C=O) groups excluding carboxylic acids is 1. The molecule has 0 N–H and O–H groups in total. The van der Waals surface area contributed by atoms with Gasteiger partial charge < -0.3 is 9.80 Å². The number of anilines is 1. The molecule has 2 atom stereocenters. The maximum atomic E-state index is 12.9. The Morgan fingerprint density at radius 1 is 1.32 bits per heavy atom. The quantitative estimate of drug-likeness (QED) is 0.817. The summed E-state index contributed by atoms with van der Waals surface area (Å²) in [4.78, 5) is 21.1. The van der Waals surface area contributed by atoms with Gasteiger partial charge in [0.15, 0.2) is 9.84 Å². The van der Waals surface area contributed by atoms with Crippen LogP contribution in [0.4, 0.5) is 5.69 Å². The fourth-order valence-corrected chi connectivity index (χ4v) is 5.66. The fourth-order valence-electron chi connectivity index (χ4n) is 3.89. The molecule has 6 nitrogen and oxygen atoms in total. The normalized spacial score (nSPS) is 25.8. The molecule has 2 aliphatic heterocycles. The molecule has 7 heteroatoms. The highest BCUT2D eigenvalue weighted by atomic mass is 32.2. The average Bonchev–Trinajstić information content (AvgIpc) is 3.00. The molecule has 1 amide bonds. The van der Waals surface area contributed by atoms with Crippen LogP contribution in [0.3, 0.4) is 0 Å². The minimum Gasteiger partial charge on any atom is -0.369 e. The Hall–Kier alpha value is -1.63. The first-order valence-electron chi connectivity index (χ1n) is 9.10. The van der Waals surface area contributed by atoms with E-state index < -0.39 is 9.84 Å². The van der Waals surface area contributed by atoms with Crippen molar-refractivity contribution in [1.29, 1.82) is 0 Å². The van der Waals surface area contributed by atoms with E-state index in [2.05, 4.69) is 11.9 Å². The third kappa shape index (κ3) is 3.97. The zero-order valence-electron chi connectivity index (χ0n) is 15.0. The predicted molar refractivity (Wildman–Crippen MR) is 98.7 cm³/mol. The molecule has 0 bridgehead atoms. The molecule has 0 radical (unpaired) electrons. The molecule has 0 saturated carbocycles. The molecule has 0 spiro atoms. The van der Waals surface area contributed by atoms with Gasteiger partial charge in [-0.05, 0) is 38.2 Å². The van der Waals surface area contributed by atoms with Crippen LogP contribution in [0, 0.1) is 0 Å². The van der Waals surface area contributed by atoms with E-state index in [1.54, 1.807) is 12.4 Å². The molecule has 2 unspecified atom stereocenters. The van der Waals surface area contributed by atoms with E-state index in [9.17, 15) is 13.2 Å². The molecule has 0 aromatic carbocycles. The number of nitrogens with zero attached hydrogens (tertiary/aromatic N) is 3. The number of amides is 1. The Morgan fingerprint density at radius 2 is 2.12 bits per heavy atom. The van der Waals surface area contributed by atoms with Gasteiger partial charge in [0.25, 0.3) is 5.91 Å². The zero-order valence-corrected chi connectivity index (χ0v) is 15.8. The van der Waals surface area contributed by atoms with Crippen molar-refractivity contribution in [3.8, 4) is 0 Å². The maximum Gasteiger partial charge on any atom is 0.255 e. The van der Waals surface area contributed by atoms with Crippen molar-refractivity contribution in [3.63, 3.8) is 0 Å². The van der Waals surface area contributed by atoms with E-state index in [1.807, 2.05) is 22.9 Å². The molecule has 2 saturated heterocycles. The highest BCUT2D eigenvalue weighted by Crippen LogP contribution is 2.25. The van der Waals surface area contributed by atoms with E-state index in [4.69, 9.17) is 0 Å². The van der Waals surface area contributed by atoms with Crippen molar-refractivity contribution in [2.45, 2.75) is 51.1 Å². The Balaban J connectivity index is 1.78. The maximum absolute atomic E-state index is 12.9. The summed E-state index contributed by atoms with van der Waals surface area (Å²) in [6, 6.07) is 2.11. The van der Waals surface area contributed by atoms with Gasteiger partial charge in [-0.2, -0.15) is 0 Å². The van der Waals surface area contributed by atoms with Gasteiger partial charge in [-0.25, -0.2) is 8.42 Å². The minimum absolute atomic E-state index is 0.0355. The fraction of sp³-hybridized carbons (Fsp3) is 0.667. The molecular formula is C18H27N3O3S. The van der Waals surface area contributed by atoms with Crippen molar-refractivity contribution in [2.75, 3.05) is 30.0 Å². The number of pyridine rings is 1. The van der Waals surface area contributed by atoms with Crippen LogP contribution in [0.15, 0.2) is 18.5 Å². The molecule has 138 valence electrons. The van der Waals surface area contributed by atoms with E-state index in [-0.39, 0.29) is 23.5 Å². The molecule has 1 aromatic rings. The summed E-state index contributed by atoms with van der Waals surface area (Å²) in [6.45, 7) is 2.93. The Kier molecular flexibility index (Phi) is 5.32. The lowest BCUT2D eigenvalue weighted by atomic mass is 9.99. The summed E-state index contributed by atoms with van der Waals surface area (Å²) < 4.78 is 23.4. The molecule has 3 rings (SSSR count). The Bertz CT molecular complexity index is 735. The molecule has 1 aromatic heterocycles. The van der Waals surface area contributed by atoms with Gasteiger partial charge in [0, 0.05) is 31.9 Å². The van der Waals surface area contributed by atoms with Gasteiger partial charge in [0.2, 0.25) is 0 Å². The van der Waals surface area contributed by atoms with Crippen LogP contribution in [-0.2, 0) is 9.84 Å². The highest BCUT2D eigenvalue weighted by molar-refractivity contribution is 7.91. The van der Waals surface area contributed by atoms with Gasteiger partial charge in [0.1, 0.15) is 0 Å². The van der Waals surface area contributed by atoms with Crippen molar-refractivity contribution >= 4 is 21.4 Å². The summed E-state index contributed by atoms with van der Waals surface area (Å²) in [5.74, 6) is 0.444. The zero-order chi connectivity index (χ0) is 18.0. The van der Waals surface area contributed by atoms with Crippen molar-refractivity contribution < 1.29 is 13.2 Å². The van der Waals surface area contributed by atoms with E-state index in [0.29, 0.717) is 18.0 Å². The van der Waals surface area contributed by atoms with Crippen LogP contribution < -0.4 is 4.90 Å². The number of likely N-dealkylation sites (tertiary alicyclic amines) is 1. The van der Waals surface area contributed by atoms with Crippen LogP contribution in [0.1, 0.15) is 49.4 Å². The number of piperidine rings is 1. The molecule has 2 fully saturated rings. The lowest BCUT2D eigenvalue weighted by Crippen LogP contribution is -2.43. The lowest BCUT2D eigenvalue weighted by molar-refractivity contribution is 0.0607. The second kappa shape index (κ2) is 7.32. The smallest absolute Gasteiger partial charge is 0.255 e. The van der Waals surface area contributed by atoms with Crippen LogP contribution >= 0.6 is 0 Å². The van der Waals surface area contributed by atoms with Crippen molar-refractivity contribution in [1.82, 2.24) is 9.88 Å². The van der Waals surface area contributed by atoms with Crippen LogP contribution in [-0.4, -0.2) is 61.4 Å². The highest BCUT2D eigenvalue weighted by Gasteiger charge is 2.31. The van der Waals surface area contributed by atoms with Gasteiger partial charge in [0.05, 0.1) is 29.0 Å². The Morgan fingerprint density at radius 3 is 2.80 bits per heavy atom. The number of hydrogen-bond donors (Lipinski definition) is 0. The molecule has 0 aliphatic carbocycles. The van der Waals surface area contributed by atoms with E-state index in [1.165, 1.54) is 6.42 Å². The van der Waals surface area contributed by atoms with Crippen LogP contribution in [0.5, 0.6) is 0 Å². The van der Waals surface area contributed by atoms with Crippen LogP contribution in [0.25, 0.3) is 0 Å². The third-order valence-corrected chi connectivity index (χ3v) is 7.24. The van der Waals surface area contributed by atoms with Crippen molar-refractivity contribution in [3.05, 3.63) is 24.0 Å². The van der Waals surface area contributed by atoms with Gasteiger partial charge in [-0.15, -0.1) is 0 Å². The molecule has 3 heterocycles. The molecule has 25 heavy (non-hydrogen) atoms. The van der Waals surface area contributed by atoms with Gasteiger partial charge in [-0.1, -0.05) is 6.92 Å². The number of rotatable bonds is 4. The first kappa shape index (κ1) is 18.2. The summed E-state index contributed by atoms with van der Waals surface area (Å²) in [5.41, 5.74) is 1.39. The second-order valence-electron chi connectivity index (χ2n) is 7.16. The SMILES string of the molecule is CCC1CCCCN1C(=O)c1cncc(N(C)C2CCS(=O)(=O)C2)c1. The third-order valence-electron chi connectivity index (χ3n) is 5.49. The van der Waals surface area contributed by atoms with Gasteiger partial charge in [-0.3, -0.25) is 9.78 Å². The number of sulfone groups is 1. The van der Waals surface area contributed by atoms with Crippen LogP contribution in [0.2, 0.25) is 0 Å². The minimum atomic E-state index is -2.94.